The fourth-order valence-corrected chi connectivity index (χ4v) is 4.82. The largest absolute Gasteiger partial charge is 0.322 e. The lowest BCUT2D eigenvalue weighted by atomic mass is 10.2. The molecule has 1 aliphatic heterocycles. The van der Waals surface area contributed by atoms with Gasteiger partial charge < -0.3 is 14.4 Å². The van der Waals surface area contributed by atoms with Crippen LogP contribution < -0.4 is 9.80 Å². The Hall–Kier alpha value is -2.66. The number of nitrogens with zero attached hydrogens (tertiary/aromatic N) is 2. The van der Waals surface area contributed by atoms with Gasteiger partial charge in [-0.3, -0.25) is 0 Å². The molecule has 4 aromatic rings. The van der Waals surface area contributed by atoms with Crippen molar-refractivity contribution in [2.45, 2.75) is 19.6 Å². The minimum absolute atomic E-state index is 0.744. The molecule has 2 heterocycles. The molecule has 0 radical (unpaired) electrons. The monoisotopic (exact) mass is 432 g/mol. The van der Waals surface area contributed by atoms with E-state index < -0.39 is 0 Å². The molecule has 1 aliphatic rings. The molecule has 158 valence electrons. The zero-order valence-corrected chi connectivity index (χ0v) is 18.5. The average Bonchev–Trinajstić information content (AvgIpc) is 3.12. The van der Waals surface area contributed by atoms with Crippen molar-refractivity contribution in [1.29, 1.82) is 0 Å². The summed E-state index contributed by atoms with van der Waals surface area (Å²) >= 11 is 6.26. The van der Waals surface area contributed by atoms with Gasteiger partial charge >= 0.3 is 0 Å². The molecule has 0 bridgehead atoms. The third-order valence-corrected chi connectivity index (χ3v) is 6.58. The summed E-state index contributed by atoms with van der Waals surface area (Å²) in [5.74, 6) is 1.16. The van der Waals surface area contributed by atoms with Gasteiger partial charge in [-0.2, -0.15) is 0 Å². The van der Waals surface area contributed by atoms with Crippen molar-refractivity contribution in [3.63, 3.8) is 0 Å². The van der Waals surface area contributed by atoms with Crippen LogP contribution in [0.2, 0.25) is 5.02 Å². The van der Waals surface area contributed by atoms with Crippen molar-refractivity contribution >= 4 is 22.6 Å². The summed E-state index contributed by atoms with van der Waals surface area (Å²) in [4.78, 5) is 8.30. The fourth-order valence-electron chi connectivity index (χ4n) is 4.65. The second-order valence-electron chi connectivity index (χ2n) is 8.57. The van der Waals surface area contributed by atoms with Crippen molar-refractivity contribution in [3.8, 4) is 0 Å². The van der Waals surface area contributed by atoms with E-state index in [0.29, 0.717) is 0 Å². The Balaban J connectivity index is 1.31. The highest BCUT2D eigenvalue weighted by atomic mass is 35.5. The molecule has 0 spiro atoms. The minimum Gasteiger partial charge on any atom is -0.322 e. The highest BCUT2D eigenvalue weighted by molar-refractivity contribution is 6.31. The van der Waals surface area contributed by atoms with Crippen LogP contribution in [0.3, 0.4) is 0 Å². The van der Waals surface area contributed by atoms with Gasteiger partial charge in [-0.05, 0) is 23.8 Å². The second-order valence-corrected chi connectivity index (χ2v) is 9.01. The first-order valence-corrected chi connectivity index (χ1v) is 11.5. The van der Waals surface area contributed by atoms with E-state index in [4.69, 9.17) is 16.6 Å². The average molecular weight is 433 g/mol. The molecule has 3 aromatic carbocycles. The van der Waals surface area contributed by atoms with Gasteiger partial charge in [0.25, 0.3) is 0 Å². The number of benzene rings is 3. The zero-order chi connectivity index (χ0) is 21.0. The third-order valence-electron chi connectivity index (χ3n) is 6.34. The number of piperazine rings is 1. The quantitative estimate of drug-likeness (QED) is 0.480. The molecule has 0 amide bonds. The van der Waals surface area contributed by atoms with Crippen LogP contribution in [0.4, 0.5) is 0 Å². The van der Waals surface area contributed by atoms with Gasteiger partial charge in [-0.15, -0.1) is 0 Å². The number of quaternary nitrogens is 2. The molecule has 0 atom stereocenters. The summed E-state index contributed by atoms with van der Waals surface area (Å²) in [5.41, 5.74) is 4.88. The Kier molecular flexibility index (Phi) is 6.03. The lowest BCUT2D eigenvalue weighted by Gasteiger charge is -2.29. The van der Waals surface area contributed by atoms with Crippen molar-refractivity contribution in [1.82, 2.24) is 9.55 Å². The smallest absolute Gasteiger partial charge is 0.165 e. The molecule has 5 heteroatoms. The lowest BCUT2D eigenvalue weighted by molar-refractivity contribution is -1.02. The Morgan fingerprint density at radius 1 is 0.742 bits per heavy atom. The number of nitrogens with one attached hydrogen (secondary N) is 2. The molecule has 2 N–H and O–H groups in total. The van der Waals surface area contributed by atoms with E-state index in [1.165, 1.54) is 37.3 Å². The molecule has 0 aliphatic carbocycles. The zero-order valence-electron chi connectivity index (χ0n) is 17.7. The van der Waals surface area contributed by atoms with Gasteiger partial charge in [-0.1, -0.05) is 72.3 Å². The maximum Gasteiger partial charge on any atom is 0.165 e. The standard InChI is InChI=1S/C26H27ClN4/c27-23-11-12-25-24(17-23)28-26(31(25)19-22-9-5-2-6-10-22)20-30-15-13-29(14-16-30)18-21-7-3-1-4-8-21/h1-12,17H,13-16,18-20H2/p+2. The Labute approximate surface area is 188 Å². The first-order valence-electron chi connectivity index (χ1n) is 11.1. The summed E-state index contributed by atoms with van der Waals surface area (Å²) in [6, 6.07) is 27.5. The molecular weight excluding hydrogens is 404 g/mol. The molecule has 31 heavy (non-hydrogen) atoms. The predicted octanol–water partition coefficient (Wildman–Crippen LogP) is 2.22. The van der Waals surface area contributed by atoms with Gasteiger partial charge in [0.15, 0.2) is 5.82 Å². The molecule has 1 aromatic heterocycles. The van der Waals surface area contributed by atoms with Crippen LogP contribution in [0, 0.1) is 0 Å². The van der Waals surface area contributed by atoms with Crippen LogP contribution in [0.15, 0.2) is 78.9 Å². The van der Waals surface area contributed by atoms with Crippen LogP contribution in [0.5, 0.6) is 0 Å². The molecule has 4 nitrogen and oxygen atoms in total. The van der Waals surface area contributed by atoms with Crippen LogP contribution in [-0.2, 0) is 19.6 Å². The summed E-state index contributed by atoms with van der Waals surface area (Å²) in [7, 11) is 0. The minimum atomic E-state index is 0.744. The topological polar surface area (TPSA) is 26.7 Å². The van der Waals surface area contributed by atoms with Gasteiger partial charge in [0.05, 0.1) is 11.0 Å². The Bertz CT molecular complexity index is 1130. The van der Waals surface area contributed by atoms with Crippen LogP contribution in [-0.4, -0.2) is 35.7 Å². The molecule has 5 rings (SSSR count). The SMILES string of the molecule is Clc1ccc2c(c1)nc(C[NH+]1CC[NH+](Cc3ccccc3)CC1)n2Cc1ccccc1. The van der Waals surface area contributed by atoms with Crippen LogP contribution in [0.25, 0.3) is 11.0 Å². The number of aromatic nitrogens is 2. The van der Waals surface area contributed by atoms with Crippen molar-refractivity contribution in [2.75, 3.05) is 26.2 Å². The highest BCUT2D eigenvalue weighted by Crippen LogP contribution is 2.21. The predicted molar refractivity (Wildman–Crippen MR) is 126 cm³/mol. The summed E-state index contributed by atoms with van der Waals surface area (Å²) < 4.78 is 2.37. The maximum atomic E-state index is 6.26. The molecule has 1 fully saturated rings. The number of fused-ring (bicyclic) bond motifs is 1. The van der Waals surface area contributed by atoms with Crippen molar-refractivity contribution in [2.24, 2.45) is 0 Å². The number of halogens is 1. The van der Waals surface area contributed by atoms with Gasteiger partial charge in [-0.25, -0.2) is 4.98 Å². The van der Waals surface area contributed by atoms with E-state index in [9.17, 15) is 0 Å². The van der Waals surface area contributed by atoms with E-state index in [0.717, 1.165) is 41.5 Å². The lowest BCUT2D eigenvalue weighted by Crippen LogP contribution is -3.27. The first kappa shape index (κ1) is 20.3. The number of rotatable bonds is 6. The summed E-state index contributed by atoms with van der Waals surface area (Å²) in [6.45, 7) is 7.68. The van der Waals surface area contributed by atoms with E-state index in [2.05, 4.69) is 71.3 Å². The maximum absolute atomic E-state index is 6.26. The van der Waals surface area contributed by atoms with E-state index >= 15 is 0 Å². The Morgan fingerprint density at radius 2 is 1.35 bits per heavy atom. The molecular formula is C26H29ClN4+2. The van der Waals surface area contributed by atoms with Gasteiger partial charge in [0.2, 0.25) is 0 Å². The first-order chi connectivity index (χ1) is 15.2. The number of imidazole rings is 1. The molecule has 0 unspecified atom stereocenters. The van der Waals surface area contributed by atoms with Crippen LogP contribution >= 0.6 is 11.6 Å². The van der Waals surface area contributed by atoms with Crippen molar-refractivity contribution in [3.05, 3.63) is 101 Å². The van der Waals surface area contributed by atoms with E-state index in [-0.39, 0.29) is 0 Å². The Morgan fingerprint density at radius 3 is 2.03 bits per heavy atom. The normalized spacial score (nSPS) is 19.0. The summed E-state index contributed by atoms with van der Waals surface area (Å²) in [6.07, 6.45) is 0. The highest BCUT2D eigenvalue weighted by Gasteiger charge is 2.25. The van der Waals surface area contributed by atoms with Gasteiger partial charge in [0, 0.05) is 17.1 Å². The van der Waals surface area contributed by atoms with E-state index in [1.54, 1.807) is 9.80 Å². The second kappa shape index (κ2) is 9.23. The number of hydrogen-bond donors (Lipinski definition) is 2. The molecule has 1 saturated heterocycles. The third kappa shape index (κ3) is 4.82. The van der Waals surface area contributed by atoms with E-state index in [1.807, 2.05) is 12.1 Å². The van der Waals surface area contributed by atoms with Gasteiger partial charge in [0.1, 0.15) is 39.3 Å². The number of hydrogen-bond acceptors (Lipinski definition) is 1. The van der Waals surface area contributed by atoms with Crippen LogP contribution in [0.1, 0.15) is 17.0 Å². The molecule has 0 saturated carbocycles. The summed E-state index contributed by atoms with van der Waals surface area (Å²) in [5, 5.41) is 0.744. The fraction of sp³-hybridized carbons (Fsp3) is 0.269. The van der Waals surface area contributed by atoms with Crippen molar-refractivity contribution < 1.29 is 9.80 Å².